The molecule has 0 unspecified atom stereocenters. The monoisotopic (exact) mass is 415 g/mol. The molecule has 2 N–H and O–H groups in total. The largest absolute Gasteiger partial charge is 0.395 e. The summed E-state index contributed by atoms with van der Waals surface area (Å²) in [6, 6.07) is 7.33. The Kier molecular flexibility index (Phi) is 5.52. The van der Waals surface area contributed by atoms with Crippen molar-refractivity contribution in [1.82, 2.24) is 14.9 Å². The molecule has 0 saturated carbocycles. The van der Waals surface area contributed by atoms with Crippen LogP contribution < -0.4 is 10.9 Å². The second-order valence-corrected chi connectivity index (χ2v) is 8.79. The molecule has 146 valence electrons. The highest BCUT2D eigenvalue weighted by Gasteiger charge is 2.22. The Hall–Kier alpha value is -2.16. The number of rotatable bonds is 6. The van der Waals surface area contributed by atoms with E-state index in [1.54, 1.807) is 35.1 Å². The zero-order valence-electron chi connectivity index (χ0n) is 15.5. The molecular formula is C20H21N3O3S2. The molecule has 3 aromatic rings. The zero-order valence-corrected chi connectivity index (χ0v) is 17.2. The van der Waals surface area contributed by atoms with Crippen LogP contribution in [0.2, 0.25) is 0 Å². The maximum Gasteiger partial charge on any atom is 0.262 e. The molecule has 0 saturated heterocycles. The number of aromatic nitrogens is 2. The van der Waals surface area contributed by atoms with Gasteiger partial charge in [0.2, 0.25) is 0 Å². The molecule has 0 aliphatic heterocycles. The Balaban J connectivity index is 1.51. The number of thiophene rings is 1. The van der Waals surface area contributed by atoms with E-state index in [4.69, 9.17) is 10.1 Å². The minimum atomic E-state index is -0.200. The van der Waals surface area contributed by atoms with E-state index in [1.165, 1.54) is 22.2 Å². The Morgan fingerprint density at radius 2 is 2.11 bits per heavy atom. The van der Waals surface area contributed by atoms with E-state index in [1.807, 2.05) is 12.1 Å². The van der Waals surface area contributed by atoms with Crippen molar-refractivity contribution in [3.8, 4) is 0 Å². The van der Waals surface area contributed by atoms with Crippen molar-refractivity contribution in [2.45, 2.75) is 30.2 Å². The molecule has 1 amide bonds. The highest BCUT2D eigenvalue weighted by atomic mass is 32.2. The van der Waals surface area contributed by atoms with Gasteiger partial charge in [-0.25, -0.2) is 4.98 Å². The van der Waals surface area contributed by atoms with Crippen LogP contribution >= 0.6 is 23.1 Å². The van der Waals surface area contributed by atoms with Gasteiger partial charge in [-0.3, -0.25) is 14.2 Å². The minimum absolute atomic E-state index is 0.0443. The number of thioether (sulfide) groups is 1. The fraction of sp³-hybridized carbons (Fsp3) is 0.350. The van der Waals surface area contributed by atoms with Gasteiger partial charge >= 0.3 is 0 Å². The number of nitrogens with zero attached hydrogens (tertiary/aromatic N) is 2. The molecule has 0 atom stereocenters. The third-order valence-electron chi connectivity index (χ3n) is 4.89. The van der Waals surface area contributed by atoms with Crippen LogP contribution in [-0.2, 0) is 25.6 Å². The molecule has 0 fully saturated rings. The lowest BCUT2D eigenvalue weighted by molar-refractivity contribution is 0.0945. The Bertz CT molecular complexity index is 1090. The van der Waals surface area contributed by atoms with Crippen molar-refractivity contribution in [3.05, 3.63) is 56.2 Å². The number of carbonyl (C=O) groups is 1. The average Bonchev–Trinajstić information content (AvgIpc) is 3.29. The van der Waals surface area contributed by atoms with E-state index in [2.05, 4.69) is 5.32 Å². The second kappa shape index (κ2) is 8.06. The normalized spacial score (nSPS) is 13.1. The van der Waals surface area contributed by atoms with Crippen LogP contribution in [-0.4, -0.2) is 33.7 Å². The number of aliphatic hydroxyl groups is 1. The molecule has 1 aliphatic carbocycles. The summed E-state index contributed by atoms with van der Waals surface area (Å²) in [5.41, 5.74) is 2.86. The molecular weight excluding hydrogens is 394 g/mol. The Morgan fingerprint density at radius 3 is 2.86 bits per heavy atom. The van der Waals surface area contributed by atoms with Crippen LogP contribution in [0.4, 0.5) is 0 Å². The van der Waals surface area contributed by atoms with Gasteiger partial charge in [-0.15, -0.1) is 11.3 Å². The fourth-order valence-corrected chi connectivity index (χ4v) is 5.64. The molecule has 2 heterocycles. The van der Waals surface area contributed by atoms with Gasteiger partial charge in [0, 0.05) is 29.8 Å². The first kappa shape index (κ1) is 19.2. The summed E-state index contributed by atoms with van der Waals surface area (Å²) >= 11 is 3.18. The van der Waals surface area contributed by atoms with E-state index >= 15 is 0 Å². The lowest BCUT2D eigenvalue weighted by atomic mass is 10.1. The predicted octanol–water partition coefficient (Wildman–Crippen LogP) is 2.50. The van der Waals surface area contributed by atoms with Crippen molar-refractivity contribution in [2.24, 2.45) is 7.05 Å². The van der Waals surface area contributed by atoms with Crippen LogP contribution in [0.15, 0.2) is 34.2 Å². The molecule has 6 nitrogen and oxygen atoms in total. The summed E-state index contributed by atoms with van der Waals surface area (Å²) < 4.78 is 1.65. The van der Waals surface area contributed by atoms with E-state index < -0.39 is 0 Å². The smallest absolute Gasteiger partial charge is 0.262 e. The van der Waals surface area contributed by atoms with Crippen LogP contribution in [0.5, 0.6) is 0 Å². The fourth-order valence-electron chi connectivity index (χ4n) is 3.41. The number of hydrogen-bond acceptors (Lipinski definition) is 6. The lowest BCUT2D eigenvalue weighted by Crippen LogP contribution is -2.26. The average molecular weight is 416 g/mol. The van der Waals surface area contributed by atoms with Gasteiger partial charge in [0.05, 0.1) is 12.0 Å². The summed E-state index contributed by atoms with van der Waals surface area (Å²) in [7, 11) is 1.78. The van der Waals surface area contributed by atoms with Gasteiger partial charge in [-0.05, 0) is 42.5 Å². The first-order chi connectivity index (χ1) is 13.6. The number of fused-ring (bicyclic) bond motifs is 3. The van der Waals surface area contributed by atoms with Gasteiger partial charge < -0.3 is 10.4 Å². The van der Waals surface area contributed by atoms with E-state index in [0.29, 0.717) is 16.5 Å². The van der Waals surface area contributed by atoms with Crippen LogP contribution in [0.1, 0.15) is 32.8 Å². The highest BCUT2D eigenvalue weighted by Crippen LogP contribution is 2.35. The SMILES string of the molecule is Cn1c(SCc2ccc(C(=O)NCCO)cc2)nc2sc3c(c2c1=O)CCC3. The van der Waals surface area contributed by atoms with Gasteiger partial charge in [-0.2, -0.15) is 0 Å². The molecule has 1 aromatic carbocycles. The maximum atomic E-state index is 12.8. The van der Waals surface area contributed by atoms with Crippen LogP contribution in [0.3, 0.4) is 0 Å². The quantitative estimate of drug-likeness (QED) is 0.477. The number of aryl methyl sites for hydroxylation is 2. The summed E-state index contributed by atoms with van der Waals surface area (Å²) in [5.74, 6) is 0.462. The van der Waals surface area contributed by atoms with E-state index in [-0.39, 0.29) is 24.6 Å². The Morgan fingerprint density at radius 1 is 1.32 bits per heavy atom. The molecule has 28 heavy (non-hydrogen) atoms. The number of benzene rings is 1. The minimum Gasteiger partial charge on any atom is -0.395 e. The zero-order chi connectivity index (χ0) is 19.7. The third kappa shape index (κ3) is 3.59. The van der Waals surface area contributed by atoms with Crippen LogP contribution in [0, 0.1) is 0 Å². The number of carbonyl (C=O) groups excluding carboxylic acids is 1. The van der Waals surface area contributed by atoms with Crippen molar-refractivity contribution in [1.29, 1.82) is 0 Å². The predicted molar refractivity (Wildman–Crippen MR) is 112 cm³/mol. The molecule has 4 rings (SSSR count). The first-order valence-corrected chi connectivity index (χ1v) is 11.0. The number of amides is 1. The van der Waals surface area contributed by atoms with Crippen molar-refractivity contribution < 1.29 is 9.90 Å². The number of nitrogens with one attached hydrogen (secondary N) is 1. The third-order valence-corrected chi connectivity index (χ3v) is 7.17. The number of aliphatic hydroxyl groups excluding tert-OH is 1. The summed E-state index contributed by atoms with van der Waals surface area (Å²) in [6.45, 7) is 0.161. The van der Waals surface area contributed by atoms with Crippen molar-refractivity contribution >= 4 is 39.2 Å². The maximum absolute atomic E-state index is 12.8. The Labute approximate surface area is 170 Å². The molecule has 0 bridgehead atoms. The molecule has 1 aliphatic rings. The van der Waals surface area contributed by atoms with Crippen LogP contribution in [0.25, 0.3) is 10.2 Å². The van der Waals surface area contributed by atoms with Gasteiger partial charge in [-0.1, -0.05) is 23.9 Å². The highest BCUT2D eigenvalue weighted by molar-refractivity contribution is 7.98. The van der Waals surface area contributed by atoms with E-state index in [0.717, 1.165) is 35.0 Å². The topological polar surface area (TPSA) is 84.2 Å². The van der Waals surface area contributed by atoms with Gasteiger partial charge in [0.25, 0.3) is 11.5 Å². The molecule has 0 radical (unpaired) electrons. The van der Waals surface area contributed by atoms with Crippen molar-refractivity contribution in [2.75, 3.05) is 13.2 Å². The van der Waals surface area contributed by atoms with E-state index in [9.17, 15) is 9.59 Å². The standard InChI is InChI=1S/C20H21N3O3S2/c1-23-19(26)16-14-3-2-4-15(14)28-18(16)22-20(23)27-11-12-5-7-13(8-6-12)17(25)21-9-10-24/h5-8,24H,2-4,9-11H2,1H3,(H,21,25). The van der Waals surface area contributed by atoms with Gasteiger partial charge in [0.15, 0.2) is 5.16 Å². The summed E-state index contributed by atoms with van der Waals surface area (Å²) in [6.07, 6.45) is 3.17. The lowest BCUT2D eigenvalue weighted by Gasteiger charge is -2.08. The van der Waals surface area contributed by atoms with Crippen molar-refractivity contribution in [3.63, 3.8) is 0 Å². The molecule has 2 aromatic heterocycles. The number of hydrogen-bond donors (Lipinski definition) is 2. The van der Waals surface area contributed by atoms with Gasteiger partial charge in [0.1, 0.15) is 4.83 Å². The summed E-state index contributed by atoms with van der Waals surface area (Å²) in [4.78, 5) is 31.6. The molecule has 8 heteroatoms. The summed E-state index contributed by atoms with van der Waals surface area (Å²) in [5, 5.41) is 12.9. The molecule has 0 spiro atoms. The first-order valence-electron chi connectivity index (χ1n) is 9.20. The second-order valence-electron chi connectivity index (χ2n) is 6.76.